The Morgan fingerprint density at radius 2 is 1.89 bits per heavy atom. The molecule has 0 fully saturated rings. The standard InChI is InChI=1S/C20H21ClF3NO3/c1-12(2)10-28-11-14-8-13(4-7-18(14)27-3)19(26)25-17-9-15(20(22,23)24)5-6-16(17)21/h4-9,12H,10-11H2,1-3H3,(H,25,26). The Kier molecular flexibility index (Phi) is 7.32. The number of rotatable bonds is 7. The highest BCUT2D eigenvalue weighted by Gasteiger charge is 2.31. The van der Waals surface area contributed by atoms with Crippen LogP contribution in [0.3, 0.4) is 0 Å². The third-order valence-corrected chi connectivity index (χ3v) is 4.12. The molecule has 1 N–H and O–H groups in total. The van der Waals surface area contributed by atoms with Crippen LogP contribution in [0.5, 0.6) is 5.75 Å². The second kappa shape index (κ2) is 9.30. The lowest BCUT2D eigenvalue weighted by atomic mass is 10.1. The summed E-state index contributed by atoms with van der Waals surface area (Å²) in [4.78, 5) is 12.5. The minimum Gasteiger partial charge on any atom is -0.496 e. The maximum Gasteiger partial charge on any atom is 0.416 e. The van der Waals surface area contributed by atoms with Gasteiger partial charge in [0.15, 0.2) is 0 Å². The molecule has 0 spiro atoms. The summed E-state index contributed by atoms with van der Waals surface area (Å²) < 4.78 is 49.5. The Labute approximate surface area is 166 Å². The number of carbonyl (C=O) groups is 1. The van der Waals surface area contributed by atoms with Crippen LogP contribution in [-0.2, 0) is 17.5 Å². The molecule has 0 atom stereocenters. The van der Waals surface area contributed by atoms with E-state index in [-0.39, 0.29) is 22.9 Å². The second-order valence-corrected chi connectivity index (χ2v) is 6.99. The highest BCUT2D eigenvalue weighted by atomic mass is 35.5. The zero-order chi connectivity index (χ0) is 20.9. The molecule has 2 aromatic carbocycles. The summed E-state index contributed by atoms with van der Waals surface area (Å²) in [6.45, 7) is 4.81. The van der Waals surface area contributed by atoms with Gasteiger partial charge < -0.3 is 14.8 Å². The Balaban J connectivity index is 2.22. The summed E-state index contributed by atoms with van der Waals surface area (Å²) in [5.74, 6) is 0.312. The quantitative estimate of drug-likeness (QED) is 0.622. The van der Waals surface area contributed by atoms with Crippen molar-refractivity contribution in [3.8, 4) is 5.75 Å². The summed E-state index contributed by atoms with van der Waals surface area (Å²) in [6.07, 6.45) is -4.54. The molecule has 0 bridgehead atoms. The van der Waals surface area contributed by atoms with Crippen LogP contribution in [0, 0.1) is 5.92 Å². The molecule has 0 radical (unpaired) electrons. The van der Waals surface area contributed by atoms with Crippen molar-refractivity contribution in [1.82, 2.24) is 0 Å². The SMILES string of the molecule is COc1ccc(C(=O)Nc2cc(C(F)(F)F)ccc2Cl)cc1COCC(C)C. The minimum absolute atomic E-state index is 0.00959. The van der Waals surface area contributed by atoms with Crippen LogP contribution in [0.1, 0.15) is 35.3 Å². The Morgan fingerprint density at radius 3 is 2.50 bits per heavy atom. The van der Waals surface area contributed by atoms with E-state index in [0.29, 0.717) is 23.8 Å². The van der Waals surface area contributed by atoms with Gasteiger partial charge in [0.25, 0.3) is 5.91 Å². The summed E-state index contributed by atoms with van der Waals surface area (Å²) in [5.41, 5.74) is -0.108. The van der Waals surface area contributed by atoms with Crippen LogP contribution < -0.4 is 10.1 Å². The topological polar surface area (TPSA) is 47.6 Å². The van der Waals surface area contributed by atoms with Crippen LogP contribution in [-0.4, -0.2) is 19.6 Å². The largest absolute Gasteiger partial charge is 0.496 e. The highest BCUT2D eigenvalue weighted by Crippen LogP contribution is 2.34. The summed E-state index contributed by atoms with van der Waals surface area (Å²) in [6, 6.07) is 7.46. The first kappa shape index (κ1) is 22.0. The van der Waals surface area contributed by atoms with Gasteiger partial charge in [-0.25, -0.2) is 0 Å². The Hall–Kier alpha value is -2.25. The molecule has 1 amide bonds. The van der Waals surface area contributed by atoms with Crippen LogP contribution in [0.25, 0.3) is 0 Å². The van der Waals surface area contributed by atoms with E-state index in [0.717, 1.165) is 18.2 Å². The fraction of sp³-hybridized carbons (Fsp3) is 0.350. The molecule has 2 rings (SSSR count). The summed E-state index contributed by atoms with van der Waals surface area (Å²) in [5, 5.41) is 2.44. The van der Waals surface area contributed by atoms with Crippen LogP contribution in [0.4, 0.5) is 18.9 Å². The van der Waals surface area contributed by atoms with E-state index in [1.807, 2.05) is 13.8 Å². The fourth-order valence-electron chi connectivity index (χ4n) is 2.43. The molecule has 152 valence electrons. The number of alkyl halides is 3. The van der Waals surface area contributed by atoms with Crippen LogP contribution in [0.15, 0.2) is 36.4 Å². The first-order valence-corrected chi connectivity index (χ1v) is 8.92. The first-order valence-electron chi connectivity index (χ1n) is 8.54. The normalized spacial score (nSPS) is 11.6. The number of amides is 1. The Morgan fingerprint density at radius 1 is 1.18 bits per heavy atom. The van der Waals surface area contributed by atoms with Crippen LogP contribution in [0.2, 0.25) is 5.02 Å². The third-order valence-electron chi connectivity index (χ3n) is 3.79. The predicted octanol–water partition coefficient (Wildman–Crippen LogP) is 5.79. The molecule has 0 saturated carbocycles. The van der Waals surface area contributed by atoms with E-state index >= 15 is 0 Å². The van der Waals surface area contributed by atoms with Gasteiger partial charge in [-0.2, -0.15) is 13.2 Å². The molecule has 0 aliphatic carbocycles. The van der Waals surface area contributed by atoms with Crippen molar-refractivity contribution in [3.63, 3.8) is 0 Å². The van der Waals surface area contributed by atoms with Crippen molar-refractivity contribution in [2.75, 3.05) is 19.0 Å². The van der Waals surface area contributed by atoms with Gasteiger partial charge in [-0.3, -0.25) is 4.79 Å². The molecule has 0 aromatic heterocycles. The molecule has 0 heterocycles. The van der Waals surface area contributed by atoms with Crippen molar-refractivity contribution in [2.24, 2.45) is 5.92 Å². The number of ether oxygens (including phenoxy) is 2. The lowest BCUT2D eigenvalue weighted by Gasteiger charge is -2.14. The number of anilines is 1. The van der Waals surface area contributed by atoms with Gasteiger partial charge in [-0.1, -0.05) is 25.4 Å². The van der Waals surface area contributed by atoms with Crippen molar-refractivity contribution in [2.45, 2.75) is 26.6 Å². The molecule has 0 saturated heterocycles. The first-order chi connectivity index (χ1) is 13.1. The minimum atomic E-state index is -4.54. The summed E-state index contributed by atoms with van der Waals surface area (Å²) in [7, 11) is 1.50. The van der Waals surface area contributed by atoms with E-state index in [1.165, 1.54) is 13.2 Å². The molecular formula is C20H21ClF3NO3. The zero-order valence-electron chi connectivity index (χ0n) is 15.7. The van der Waals surface area contributed by atoms with E-state index in [2.05, 4.69) is 5.32 Å². The van der Waals surface area contributed by atoms with Gasteiger partial charge in [-0.15, -0.1) is 0 Å². The van der Waals surface area contributed by atoms with Crippen LogP contribution >= 0.6 is 11.6 Å². The average Bonchev–Trinajstić information content (AvgIpc) is 2.62. The molecule has 4 nitrogen and oxygen atoms in total. The maximum absolute atomic E-state index is 12.9. The van der Waals surface area contributed by atoms with Crippen molar-refractivity contribution < 1.29 is 27.4 Å². The number of carbonyl (C=O) groups excluding carboxylic acids is 1. The number of nitrogens with one attached hydrogen (secondary N) is 1. The number of halogens is 4. The van der Waals surface area contributed by atoms with E-state index in [9.17, 15) is 18.0 Å². The molecule has 2 aromatic rings. The molecule has 28 heavy (non-hydrogen) atoms. The molecular weight excluding hydrogens is 395 g/mol. The molecule has 0 unspecified atom stereocenters. The van der Waals surface area contributed by atoms with Crippen molar-refractivity contribution in [1.29, 1.82) is 0 Å². The van der Waals surface area contributed by atoms with Crippen molar-refractivity contribution in [3.05, 3.63) is 58.1 Å². The second-order valence-electron chi connectivity index (χ2n) is 6.58. The number of hydrogen-bond donors (Lipinski definition) is 1. The van der Waals surface area contributed by atoms with Gasteiger partial charge in [0.2, 0.25) is 0 Å². The maximum atomic E-state index is 12.9. The lowest BCUT2D eigenvalue weighted by molar-refractivity contribution is -0.137. The predicted molar refractivity (Wildman–Crippen MR) is 102 cm³/mol. The monoisotopic (exact) mass is 415 g/mol. The van der Waals surface area contributed by atoms with Gasteiger partial charge in [-0.05, 0) is 42.3 Å². The molecule has 8 heteroatoms. The fourth-order valence-corrected chi connectivity index (χ4v) is 2.59. The van der Waals surface area contributed by atoms with E-state index < -0.39 is 17.6 Å². The van der Waals surface area contributed by atoms with Gasteiger partial charge in [0.1, 0.15) is 5.75 Å². The van der Waals surface area contributed by atoms with E-state index in [4.69, 9.17) is 21.1 Å². The number of hydrogen-bond acceptors (Lipinski definition) is 3. The molecule has 0 aliphatic heterocycles. The number of benzene rings is 2. The average molecular weight is 416 g/mol. The van der Waals surface area contributed by atoms with Gasteiger partial charge in [0, 0.05) is 17.7 Å². The van der Waals surface area contributed by atoms with Gasteiger partial charge >= 0.3 is 6.18 Å². The third kappa shape index (κ3) is 5.87. The van der Waals surface area contributed by atoms with E-state index in [1.54, 1.807) is 12.1 Å². The Bertz CT molecular complexity index is 838. The number of methoxy groups -OCH3 is 1. The summed E-state index contributed by atoms with van der Waals surface area (Å²) >= 11 is 5.93. The highest BCUT2D eigenvalue weighted by molar-refractivity contribution is 6.34. The molecule has 0 aliphatic rings. The lowest BCUT2D eigenvalue weighted by Crippen LogP contribution is -2.14. The van der Waals surface area contributed by atoms with Gasteiger partial charge in [0.05, 0.1) is 30.0 Å². The van der Waals surface area contributed by atoms with Crippen molar-refractivity contribution >= 4 is 23.2 Å². The smallest absolute Gasteiger partial charge is 0.416 e. The zero-order valence-corrected chi connectivity index (χ0v) is 16.4.